The molecule has 0 amide bonds. The number of benzene rings is 2. The van der Waals surface area contributed by atoms with Gasteiger partial charge in [0.1, 0.15) is 17.2 Å². The Morgan fingerprint density at radius 2 is 1.85 bits per heavy atom. The number of rotatable bonds is 1. The van der Waals surface area contributed by atoms with Crippen LogP contribution in [0, 0.1) is 11.6 Å². The van der Waals surface area contributed by atoms with E-state index in [-0.39, 0.29) is 10.0 Å². The molecule has 0 spiro atoms. The quantitative estimate of drug-likeness (QED) is 0.768. The van der Waals surface area contributed by atoms with E-state index in [1.54, 1.807) is 12.1 Å². The first-order valence-corrected chi connectivity index (χ1v) is 7.28. The van der Waals surface area contributed by atoms with Crippen LogP contribution >= 0.6 is 15.9 Å². The second-order valence-electron chi connectivity index (χ2n) is 5.09. The van der Waals surface area contributed by atoms with Gasteiger partial charge in [0.15, 0.2) is 0 Å². The minimum Gasteiger partial charge on any atom is -0.380 e. The lowest BCUT2D eigenvalue weighted by Gasteiger charge is -2.35. The summed E-state index contributed by atoms with van der Waals surface area (Å²) in [5, 5.41) is 11.0. The maximum atomic E-state index is 14.3. The van der Waals surface area contributed by atoms with Crippen molar-refractivity contribution in [2.24, 2.45) is 0 Å². The summed E-state index contributed by atoms with van der Waals surface area (Å²) in [4.78, 5) is 0. The SMILES string of the molecule is OC1(c2c(F)ccc(Br)c2F)CCCc2ccccc21. The van der Waals surface area contributed by atoms with Crippen molar-refractivity contribution >= 4 is 15.9 Å². The maximum absolute atomic E-state index is 14.3. The number of aryl methyl sites for hydroxylation is 1. The minimum atomic E-state index is -1.60. The first-order chi connectivity index (χ1) is 9.54. The summed E-state index contributed by atoms with van der Waals surface area (Å²) in [5.74, 6) is -1.45. The van der Waals surface area contributed by atoms with Crippen LogP contribution in [0.1, 0.15) is 29.5 Å². The van der Waals surface area contributed by atoms with Crippen LogP contribution in [0.25, 0.3) is 0 Å². The van der Waals surface area contributed by atoms with Crippen LogP contribution in [0.5, 0.6) is 0 Å². The van der Waals surface area contributed by atoms with Gasteiger partial charge in [-0.25, -0.2) is 8.78 Å². The molecule has 3 rings (SSSR count). The number of hydrogen-bond acceptors (Lipinski definition) is 1. The van der Waals surface area contributed by atoms with E-state index in [2.05, 4.69) is 15.9 Å². The summed E-state index contributed by atoms with van der Waals surface area (Å²) in [6.45, 7) is 0. The lowest BCUT2D eigenvalue weighted by atomic mass is 9.75. The van der Waals surface area contributed by atoms with Crippen molar-refractivity contribution in [3.63, 3.8) is 0 Å². The van der Waals surface area contributed by atoms with Crippen LogP contribution in [0.3, 0.4) is 0 Å². The molecule has 1 N–H and O–H groups in total. The largest absolute Gasteiger partial charge is 0.380 e. The van der Waals surface area contributed by atoms with E-state index in [1.165, 1.54) is 12.1 Å². The maximum Gasteiger partial charge on any atom is 0.146 e. The summed E-state index contributed by atoms with van der Waals surface area (Å²) >= 11 is 3.06. The molecule has 2 aromatic rings. The van der Waals surface area contributed by atoms with E-state index in [9.17, 15) is 13.9 Å². The molecule has 0 saturated carbocycles. The highest BCUT2D eigenvalue weighted by molar-refractivity contribution is 9.10. The smallest absolute Gasteiger partial charge is 0.146 e. The molecule has 0 aliphatic heterocycles. The van der Waals surface area contributed by atoms with Crippen LogP contribution in [-0.2, 0) is 12.0 Å². The molecule has 20 heavy (non-hydrogen) atoms. The van der Waals surface area contributed by atoms with Crippen LogP contribution in [0.15, 0.2) is 40.9 Å². The second-order valence-corrected chi connectivity index (χ2v) is 5.94. The highest BCUT2D eigenvalue weighted by Crippen LogP contribution is 2.43. The third-order valence-electron chi connectivity index (χ3n) is 3.91. The molecule has 0 saturated heterocycles. The summed E-state index contributed by atoms with van der Waals surface area (Å²) in [7, 11) is 0. The minimum absolute atomic E-state index is 0.158. The Balaban J connectivity index is 2.27. The lowest BCUT2D eigenvalue weighted by molar-refractivity contribution is 0.0538. The molecule has 0 fully saturated rings. The van der Waals surface area contributed by atoms with Gasteiger partial charge in [0.05, 0.1) is 10.0 Å². The average molecular weight is 339 g/mol. The Hall–Kier alpha value is -1.26. The third kappa shape index (κ3) is 1.98. The van der Waals surface area contributed by atoms with Crippen molar-refractivity contribution in [1.82, 2.24) is 0 Å². The molecule has 2 aromatic carbocycles. The number of aliphatic hydroxyl groups is 1. The van der Waals surface area contributed by atoms with Crippen LogP contribution in [0.2, 0.25) is 0 Å². The van der Waals surface area contributed by atoms with Gasteiger partial charge in [-0.1, -0.05) is 24.3 Å². The molecule has 0 radical (unpaired) electrons. The molecule has 1 atom stereocenters. The zero-order valence-electron chi connectivity index (χ0n) is 10.7. The molecule has 0 aromatic heterocycles. The van der Waals surface area contributed by atoms with Crippen molar-refractivity contribution in [3.8, 4) is 0 Å². The van der Waals surface area contributed by atoms with E-state index in [0.29, 0.717) is 18.4 Å². The Kier molecular flexibility index (Phi) is 3.38. The van der Waals surface area contributed by atoms with Gasteiger partial charge in [0.2, 0.25) is 0 Å². The van der Waals surface area contributed by atoms with Gasteiger partial charge in [0, 0.05) is 0 Å². The number of hydrogen-bond donors (Lipinski definition) is 1. The molecule has 1 nitrogen and oxygen atoms in total. The van der Waals surface area contributed by atoms with E-state index in [4.69, 9.17) is 0 Å². The normalized spacial score (nSPS) is 21.6. The van der Waals surface area contributed by atoms with E-state index in [0.717, 1.165) is 12.0 Å². The zero-order chi connectivity index (χ0) is 14.3. The molecule has 4 heteroatoms. The monoisotopic (exact) mass is 338 g/mol. The van der Waals surface area contributed by atoms with Crippen LogP contribution in [-0.4, -0.2) is 5.11 Å². The zero-order valence-corrected chi connectivity index (χ0v) is 12.3. The molecular weight excluding hydrogens is 326 g/mol. The molecule has 104 valence electrons. The van der Waals surface area contributed by atoms with Gasteiger partial charge in [-0.15, -0.1) is 0 Å². The average Bonchev–Trinajstić information content (AvgIpc) is 2.44. The summed E-state index contributed by atoms with van der Waals surface area (Å²) < 4.78 is 28.6. The van der Waals surface area contributed by atoms with Gasteiger partial charge in [-0.3, -0.25) is 0 Å². The fraction of sp³-hybridized carbons (Fsp3) is 0.250. The fourth-order valence-corrected chi connectivity index (χ4v) is 3.31. The van der Waals surface area contributed by atoms with Crippen molar-refractivity contribution in [3.05, 3.63) is 69.2 Å². The van der Waals surface area contributed by atoms with Gasteiger partial charge >= 0.3 is 0 Å². The Bertz CT molecular complexity index is 672. The highest BCUT2D eigenvalue weighted by Gasteiger charge is 2.40. The van der Waals surface area contributed by atoms with Crippen molar-refractivity contribution in [2.75, 3.05) is 0 Å². The predicted molar refractivity (Wildman–Crippen MR) is 76.4 cm³/mol. The van der Waals surface area contributed by atoms with E-state index < -0.39 is 17.2 Å². The predicted octanol–water partition coefficient (Wildman–Crippen LogP) is 4.30. The van der Waals surface area contributed by atoms with Gasteiger partial charge in [0.25, 0.3) is 0 Å². The Labute approximate surface area is 124 Å². The molecule has 1 unspecified atom stereocenters. The van der Waals surface area contributed by atoms with Crippen molar-refractivity contribution < 1.29 is 13.9 Å². The summed E-state index contributed by atoms with van der Waals surface area (Å²) in [5.41, 5.74) is -0.325. The first kappa shape index (κ1) is 13.7. The topological polar surface area (TPSA) is 20.2 Å². The third-order valence-corrected chi connectivity index (χ3v) is 4.52. The van der Waals surface area contributed by atoms with Crippen molar-refractivity contribution in [2.45, 2.75) is 24.9 Å². The summed E-state index contributed by atoms with van der Waals surface area (Å²) in [6, 6.07) is 9.78. The van der Waals surface area contributed by atoms with Crippen LogP contribution in [0.4, 0.5) is 8.78 Å². The molecule has 1 aliphatic rings. The van der Waals surface area contributed by atoms with Gasteiger partial charge in [-0.05, 0) is 58.5 Å². The van der Waals surface area contributed by atoms with E-state index in [1.807, 2.05) is 12.1 Å². The highest BCUT2D eigenvalue weighted by atomic mass is 79.9. The Morgan fingerprint density at radius 3 is 2.65 bits per heavy atom. The lowest BCUT2D eigenvalue weighted by Crippen LogP contribution is -2.34. The Morgan fingerprint density at radius 1 is 1.10 bits per heavy atom. The second kappa shape index (κ2) is 4.93. The fourth-order valence-electron chi connectivity index (χ4n) is 2.98. The van der Waals surface area contributed by atoms with Gasteiger partial charge < -0.3 is 5.11 Å². The molecular formula is C16H13BrF2O. The van der Waals surface area contributed by atoms with Gasteiger partial charge in [-0.2, -0.15) is 0 Å². The standard InChI is InChI=1S/C16H13BrF2O/c17-12-7-8-13(18)14(15(12)19)16(20)9-3-5-10-4-1-2-6-11(10)16/h1-2,4,6-8,20H,3,5,9H2. The van der Waals surface area contributed by atoms with Crippen LogP contribution < -0.4 is 0 Å². The van der Waals surface area contributed by atoms with Crippen molar-refractivity contribution in [1.29, 1.82) is 0 Å². The summed E-state index contributed by atoms with van der Waals surface area (Å²) in [6.07, 6.45) is 1.82. The molecule has 0 bridgehead atoms. The molecule has 1 aliphatic carbocycles. The number of halogens is 3. The first-order valence-electron chi connectivity index (χ1n) is 6.49. The number of fused-ring (bicyclic) bond motifs is 1. The van der Waals surface area contributed by atoms with E-state index >= 15 is 0 Å². The molecule has 0 heterocycles.